The van der Waals surface area contributed by atoms with E-state index in [9.17, 15) is 0 Å². The summed E-state index contributed by atoms with van der Waals surface area (Å²) in [5.74, 6) is 0. The summed E-state index contributed by atoms with van der Waals surface area (Å²) in [4.78, 5) is 4.28. The average molecular weight is 220 g/mol. The van der Waals surface area contributed by atoms with Gasteiger partial charge < -0.3 is 5.73 Å². The van der Waals surface area contributed by atoms with Gasteiger partial charge in [-0.25, -0.2) is 4.98 Å². The standard InChI is InChI=1S/C10H8N2S2/c1-5-4-13-8-3-9-7(2-6(5)8)12-10(11)14-9/h2-4H,1H3,(H2,11,12). The third-order valence-electron chi connectivity index (χ3n) is 2.29. The van der Waals surface area contributed by atoms with Crippen molar-refractivity contribution in [2.24, 2.45) is 0 Å². The molecule has 0 saturated carbocycles. The summed E-state index contributed by atoms with van der Waals surface area (Å²) in [6.45, 7) is 2.13. The van der Waals surface area contributed by atoms with Crippen LogP contribution >= 0.6 is 22.7 Å². The fourth-order valence-corrected chi connectivity index (χ4v) is 3.39. The molecule has 70 valence electrons. The lowest BCUT2D eigenvalue weighted by Crippen LogP contribution is -1.79. The lowest BCUT2D eigenvalue weighted by atomic mass is 10.2. The van der Waals surface area contributed by atoms with Gasteiger partial charge in [-0.15, -0.1) is 11.3 Å². The second kappa shape index (κ2) is 2.68. The lowest BCUT2D eigenvalue weighted by molar-refractivity contribution is 1.50. The largest absolute Gasteiger partial charge is 0.375 e. The van der Waals surface area contributed by atoms with E-state index in [-0.39, 0.29) is 0 Å². The first kappa shape index (κ1) is 8.20. The van der Waals surface area contributed by atoms with Crippen molar-refractivity contribution >= 4 is 48.1 Å². The monoisotopic (exact) mass is 220 g/mol. The van der Waals surface area contributed by atoms with Crippen LogP contribution in [0.3, 0.4) is 0 Å². The molecule has 0 saturated heterocycles. The number of thiophene rings is 1. The quantitative estimate of drug-likeness (QED) is 0.630. The highest BCUT2D eigenvalue weighted by Crippen LogP contribution is 2.33. The normalized spacial score (nSPS) is 11.5. The molecule has 0 aliphatic rings. The molecule has 0 spiro atoms. The third kappa shape index (κ3) is 1.04. The van der Waals surface area contributed by atoms with Crippen molar-refractivity contribution in [3.8, 4) is 0 Å². The zero-order valence-electron chi connectivity index (χ0n) is 7.57. The number of aryl methyl sites for hydroxylation is 1. The molecule has 0 atom stereocenters. The van der Waals surface area contributed by atoms with Crippen molar-refractivity contribution in [1.82, 2.24) is 4.98 Å². The summed E-state index contributed by atoms with van der Waals surface area (Å²) < 4.78 is 2.50. The van der Waals surface area contributed by atoms with Gasteiger partial charge in [-0.3, -0.25) is 0 Å². The predicted molar refractivity (Wildman–Crippen MR) is 64.2 cm³/mol. The number of rotatable bonds is 0. The SMILES string of the molecule is Cc1csc2cc3sc(N)nc3cc12. The first-order chi connectivity index (χ1) is 6.74. The van der Waals surface area contributed by atoms with Crippen molar-refractivity contribution in [1.29, 1.82) is 0 Å². The molecule has 14 heavy (non-hydrogen) atoms. The van der Waals surface area contributed by atoms with E-state index < -0.39 is 0 Å². The Hall–Kier alpha value is -1.13. The van der Waals surface area contributed by atoms with Crippen molar-refractivity contribution in [2.45, 2.75) is 6.92 Å². The molecule has 0 radical (unpaired) electrons. The molecule has 3 rings (SSSR count). The second-order valence-electron chi connectivity index (χ2n) is 3.29. The third-order valence-corrected chi connectivity index (χ3v) is 4.20. The van der Waals surface area contributed by atoms with E-state index in [0.717, 1.165) is 5.52 Å². The minimum Gasteiger partial charge on any atom is -0.375 e. The Morgan fingerprint density at radius 3 is 3.00 bits per heavy atom. The molecule has 0 aliphatic carbocycles. The first-order valence-corrected chi connectivity index (χ1v) is 5.97. The summed E-state index contributed by atoms with van der Waals surface area (Å²) in [5.41, 5.74) is 8.00. The Balaban J connectivity index is 2.52. The molecule has 2 heterocycles. The highest BCUT2D eigenvalue weighted by atomic mass is 32.1. The number of nitrogens with zero attached hydrogens (tertiary/aromatic N) is 1. The molecule has 0 bridgehead atoms. The molecule has 3 aromatic rings. The number of anilines is 1. The maximum atomic E-state index is 5.67. The first-order valence-electron chi connectivity index (χ1n) is 4.28. The van der Waals surface area contributed by atoms with Gasteiger partial charge in [0.15, 0.2) is 5.13 Å². The Morgan fingerprint density at radius 2 is 2.14 bits per heavy atom. The molecule has 0 fully saturated rings. The van der Waals surface area contributed by atoms with Crippen molar-refractivity contribution in [3.63, 3.8) is 0 Å². The van der Waals surface area contributed by atoms with Crippen LogP contribution in [0.5, 0.6) is 0 Å². The molecule has 1 aromatic carbocycles. The molecule has 2 aromatic heterocycles. The fourth-order valence-electron chi connectivity index (χ4n) is 1.59. The highest BCUT2D eigenvalue weighted by molar-refractivity contribution is 7.22. The summed E-state index contributed by atoms with van der Waals surface area (Å²) in [6, 6.07) is 4.31. The minimum atomic E-state index is 0.648. The van der Waals surface area contributed by atoms with E-state index in [1.54, 1.807) is 22.7 Å². The van der Waals surface area contributed by atoms with E-state index in [0.29, 0.717) is 5.13 Å². The smallest absolute Gasteiger partial charge is 0.181 e. The number of nitrogen functional groups attached to an aromatic ring is 1. The number of nitrogens with two attached hydrogens (primary N) is 1. The van der Waals surface area contributed by atoms with Crippen LogP contribution in [0.4, 0.5) is 5.13 Å². The van der Waals surface area contributed by atoms with Gasteiger partial charge in [0.25, 0.3) is 0 Å². The molecular formula is C10H8N2S2. The average Bonchev–Trinajstić information content (AvgIpc) is 2.66. The van der Waals surface area contributed by atoms with Gasteiger partial charge in [-0.1, -0.05) is 11.3 Å². The van der Waals surface area contributed by atoms with Gasteiger partial charge in [-0.2, -0.15) is 0 Å². The van der Waals surface area contributed by atoms with Gasteiger partial charge in [0.1, 0.15) is 0 Å². The zero-order valence-corrected chi connectivity index (χ0v) is 9.21. The Labute approximate surface area is 89.0 Å². The van der Waals surface area contributed by atoms with E-state index in [4.69, 9.17) is 5.73 Å². The van der Waals surface area contributed by atoms with E-state index >= 15 is 0 Å². The molecule has 2 nitrogen and oxygen atoms in total. The number of aromatic nitrogens is 1. The van der Waals surface area contributed by atoms with Crippen molar-refractivity contribution in [2.75, 3.05) is 5.73 Å². The lowest BCUT2D eigenvalue weighted by Gasteiger charge is -1.91. The molecule has 4 heteroatoms. The maximum absolute atomic E-state index is 5.67. The molecular weight excluding hydrogens is 212 g/mol. The number of fused-ring (bicyclic) bond motifs is 2. The van der Waals surface area contributed by atoms with Crippen molar-refractivity contribution < 1.29 is 0 Å². The number of benzene rings is 1. The molecule has 2 N–H and O–H groups in total. The van der Waals surface area contributed by atoms with Gasteiger partial charge in [0, 0.05) is 4.70 Å². The molecule has 0 aliphatic heterocycles. The van der Waals surface area contributed by atoms with E-state index in [1.807, 2.05) is 0 Å². The summed E-state index contributed by atoms with van der Waals surface area (Å²) >= 11 is 3.33. The van der Waals surface area contributed by atoms with Crippen LogP contribution in [-0.4, -0.2) is 4.98 Å². The predicted octanol–water partition coefficient (Wildman–Crippen LogP) is 3.40. The Bertz CT molecular complexity index is 621. The fraction of sp³-hybridized carbons (Fsp3) is 0.100. The van der Waals surface area contributed by atoms with Gasteiger partial charge >= 0.3 is 0 Å². The summed E-state index contributed by atoms with van der Waals surface area (Å²) in [5, 5.41) is 4.13. The molecule has 0 amide bonds. The Kier molecular flexibility index (Phi) is 1.57. The van der Waals surface area contributed by atoms with Gasteiger partial charge in [-0.05, 0) is 35.4 Å². The van der Waals surface area contributed by atoms with Crippen LogP contribution in [0.2, 0.25) is 0 Å². The number of hydrogen-bond donors (Lipinski definition) is 1. The van der Waals surface area contributed by atoms with Crippen LogP contribution in [0, 0.1) is 6.92 Å². The topological polar surface area (TPSA) is 38.9 Å². The number of hydrogen-bond acceptors (Lipinski definition) is 4. The van der Waals surface area contributed by atoms with Crippen LogP contribution in [0.25, 0.3) is 20.3 Å². The van der Waals surface area contributed by atoms with Gasteiger partial charge in [0.2, 0.25) is 0 Å². The second-order valence-corrected chi connectivity index (χ2v) is 5.26. The van der Waals surface area contributed by atoms with Crippen molar-refractivity contribution in [3.05, 3.63) is 23.1 Å². The van der Waals surface area contributed by atoms with E-state index in [1.165, 1.54) is 20.3 Å². The maximum Gasteiger partial charge on any atom is 0.181 e. The molecule has 0 unspecified atom stereocenters. The van der Waals surface area contributed by atoms with Crippen LogP contribution in [0.1, 0.15) is 5.56 Å². The summed E-state index contributed by atoms with van der Waals surface area (Å²) in [7, 11) is 0. The van der Waals surface area contributed by atoms with Crippen LogP contribution in [0.15, 0.2) is 17.5 Å². The van der Waals surface area contributed by atoms with Crippen LogP contribution in [-0.2, 0) is 0 Å². The minimum absolute atomic E-state index is 0.648. The number of thiazole rings is 1. The van der Waals surface area contributed by atoms with Crippen LogP contribution < -0.4 is 5.73 Å². The highest BCUT2D eigenvalue weighted by Gasteiger charge is 2.05. The van der Waals surface area contributed by atoms with Gasteiger partial charge in [0.05, 0.1) is 10.2 Å². The zero-order chi connectivity index (χ0) is 9.71. The Morgan fingerprint density at radius 1 is 1.29 bits per heavy atom. The van der Waals surface area contributed by atoms with E-state index in [2.05, 4.69) is 29.4 Å². The summed E-state index contributed by atoms with van der Waals surface area (Å²) in [6.07, 6.45) is 0.